The Hall–Kier alpha value is -2.80. The molecule has 4 rings (SSSR count). The summed E-state index contributed by atoms with van der Waals surface area (Å²) < 4.78 is 11.3. The fourth-order valence-electron chi connectivity index (χ4n) is 3.58. The molecule has 6 nitrogen and oxygen atoms in total. The van der Waals surface area contributed by atoms with Crippen LogP contribution < -0.4 is 25.4 Å². The highest BCUT2D eigenvalue weighted by molar-refractivity contribution is 7.80. The molecule has 7 heteroatoms. The highest BCUT2D eigenvalue weighted by Crippen LogP contribution is 2.44. The van der Waals surface area contributed by atoms with Gasteiger partial charge in [0.2, 0.25) is 5.91 Å². The normalized spacial score (nSPS) is 25.8. The lowest BCUT2D eigenvalue weighted by atomic mass is 9.80. The maximum Gasteiger partial charge on any atom is 0.236 e. The van der Waals surface area contributed by atoms with Crippen molar-refractivity contribution in [2.45, 2.75) is 18.7 Å². The van der Waals surface area contributed by atoms with E-state index in [-0.39, 0.29) is 11.9 Å². The maximum absolute atomic E-state index is 13.1. The quantitative estimate of drug-likeness (QED) is 0.723. The Morgan fingerprint density at radius 2 is 1.96 bits per heavy atom. The van der Waals surface area contributed by atoms with E-state index in [2.05, 4.69) is 16.0 Å². The summed E-state index contributed by atoms with van der Waals surface area (Å²) in [4.78, 5) is 13.1. The molecule has 1 saturated heterocycles. The highest BCUT2D eigenvalue weighted by atomic mass is 32.1. The summed E-state index contributed by atoms with van der Waals surface area (Å²) in [6.45, 7) is 1.85. The number of nitrogens with one attached hydrogen (secondary N) is 3. The Kier molecular flexibility index (Phi) is 3.96. The van der Waals surface area contributed by atoms with Crippen molar-refractivity contribution in [1.82, 2.24) is 10.6 Å². The molecule has 0 spiro atoms. The summed E-state index contributed by atoms with van der Waals surface area (Å²) in [6, 6.07) is 14.6. The first-order chi connectivity index (χ1) is 12.5. The topological polar surface area (TPSA) is 71.6 Å². The SMILES string of the molecule is COc1ccc(NC(=O)[C@@H]2[C@@H]3NC(=S)N[C@@]2(C)Oc2ccccc23)cc1. The molecule has 2 aromatic carbocycles. The third kappa shape index (κ3) is 2.74. The minimum atomic E-state index is -0.933. The summed E-state index contributed by atoms with van der Waals surface area (Å²) in [5.41, 5.74) is 0.681. The molecule has 26 heavy (non-hydrogen) atoms. The van der Waals surface area contributed by atoms with Crippen LogP contribution in [0.4, 0.5) is 5.69 Å². The Morgan fingerprint density at radius 1 is 1.23 bits per heavy atom. The summed E-state index contributed by atoms with van der Waals surface area (Å²) in [5, 5.41) is 9.78. The molecule has 0 unspecified atom stereocenters. The van der Waals surface area contributed by atoms with E-state index in [9.17, 15) is 4.79 Å². The molecule has 0 aromatic heterocycles. The van der Waals surface area contributed by atoms with Gasteiger partial charge in [-0.15, -0.1) is 0 Å². The Balaban J connectivity index is 1.66. The molecule has 3 atom stereocenters. The minimum absolute atomic E-state index is 0.153. The van der Waals surface area contributed by atoms with Gasteiger partial charge in [0.15, 0.2) is 10.8 Å². The smallest absolute Gasteiger partial charge is 0.236 e. The van der Waals surface area contributed by atoms with Crippen molar-refractivity contribution in [2.24, 2.45) is 5.92 Å². The average molecular weight is 369 g/mol. The Morgan fingerprint density at radius 3 is 2.69 bits per heavy atom. The van der Waals surface area contributed by atoms with Gasteiger partial charge in [-0.25, -0.2) is 0 Å². The van der Waals surface area contributed by atoms with Crippen molar-refractivity contribution in [1.29, 1.82) is 0 Å². The maximum atomic E-state index is 13.1. The molecule has 3 N–H and O–H groups in total. The predicted octanol–water partition coefficient (Wildman–Crippen LogP) is 2.58. The van der Waals surface area contributed by atoms with E-state index in [4.69, 9.17) is 21.7 Å². The van der Waals surface area contributed by atoms with Gasteiger partial charge in [0.25, 0.3) is 0 Å². The zero-order valence-corrected chi connectivity index (χ0v) is 15.2. The summed E-state index contributed by atoms with van der Waals surface area (Å²) in [6.07, 6.45) is 0. The van der Waals surface area contributed by atoms with E-state index < -0.39 is 11.6 Å². The summed E-state index contributed by atoms with van der Waals surface area (Å²) in [5.74, 6) is 0.817. The van der Waals surface area contributed by atoms with Crippen molar-refractivity contribution < 1.29 is 14.3 Å². The van der Waals surface area contributed by atoms with Gasteiger partial charge in [-0.1, -0.05) is 18.2 Å². The zero-order valence-electron chi connectivity index (χ0n) is 14.4. The van der Waals surface area contributed by atoms with Crippen LogP contribution in [0.3, 0.4) is 0 Å². The lowest BCUT2D eigenvalue weighted by molar-refractivity contribution is -0.132. The van der Waals surface area contributed by atoms with Crippen molar-refractivity contribution in [3.63, 3.8) is 0 Å². The number of hydrogen-bond acceptors (Lipinski definition) is 4. The van der Waals surface area contributed by atoms with Crippen molar-refractivity contribution in [2.75, 3.05) is 12.4 Å². The van der Waals surface area contributed by atoms with Crippen LogP contribution >= 0.6 is 12.2 Å². The minimum Gasteiger partial charge on any atom is -0.497 e. The number of carbonyl (C=O) groups is 1. The number of fused-ring (bicyclic) bond motifs is 4. The lowest BCUT2D eigenvalue weighted by Crippen LogP contribution is -2.70. The molecule has 0 radical (unpaired) electrons. The molecular weight excluding hydrogens is 350 g/mol. The number of rotatable bonds is 3. The fourth-order valence-corrected chi connectivity index (χ4v) is 3.91. The third-order valence-corrected chi connectivity index (χ3v) is 5.01. The van der Waals surface area contributed by atoms with Crippen LogP contribution in [0.2, 0.25) is 0 Å². The van der Waals surface area contributed by atoms with Crippen LogP contribution in [-0.4, -0.2) is 23.9 Å². The van der Waals surface area contributed by atoms with Gasteiger partial charge in [-0.2, -0.15) is 0 Å². The molecular formula is C19H19N3O3S. The average Bonchev–Trinajstić information content (AvgIpc) is 2.61. The molecule has 2 aliphatic rings. The van der Waals surface area contributed by atoms with Gasteiger partial charge in [0, 0.05) is 11.3 Å². The number of benzene rings is 2. The first-order valence-corrected chi connectivity index (χ1v) is 8.72. The molecule has 2 aromatic rings. The fraction of sp³-hybridized carbons (Fsp3) is 0.263. The molecule has 2 heterocycles. The van der Waals surface area contributed by atoms with Crippen molar-refractivity contribution in [3.05, 3.63) is 54.1 Å². The number of para-hydroxylation sites is 1. The molecule has 0 aliphatic carbocycles. The van der Waals surface area contributed by atoms with Crippen LogP contribution in [0, 0.1) is 5.92 Å². The second kappa shape index (κ2) is 6.17. The van der Waals surface area contributed by atoms with Crippen LogP contribution in [-0.2, 0) is 4.79 Å². The predicted molar refractivity (Wildman–Crippen MR) is 102 cm³/mol. The van der Waals surface area contributed by atoms with Gasteiger partial charge in [0.1, 0.15) is 17.4 Å². The molecule has 2 aliphatic heterocycles. The Bertz CT molecular complexity index is 871. The van der Waals surface area contributed by atoms with E-state index in [0.29, 0.717) is 10.8 Å². The van der Waals surface area contributed by atoms with Crippen LogP contribution in [0.5, 0.6) is 11.5 Å². The molecule has 2 bridgehead atoms. The lowest BCUT2D eigenvalue weighted by Gasteiger charge is -2.50. The van der Waals surface area contributed by atoms with Gasteiger partial charge >= 0.3 is 0 Å². The van der Waals surface area contributed by atoms with Crippen LogP contribution in [0.1, 0.15) is 18.5 Å². The molecule has 134 valence electrons. The number of thiocarbonyl (C=S) groups is 1. The van der Waals surface area contributed by atoms with Gasteiger partial charge in [-0.05, 0) is 49.5 Å². The number of ether oxygens (including phenoxy) is 2. The number of hydrogen-bond donors (Lipinski definition) is 3. The van der Waals surface area contributed by atoms with Crippen LogP contribution in [0.25, 0.3) is 0 Å². The van der Waals surface area contributed by atoms with Gasteiger partial charge in [-0.3, -0.25) is 4.79 Å². The monoisotopic (exact) mass is 369 g/mol. The first kappa shape index (κ1) is 16.7. The standard InChI is InChI=1S/C19H19N3O3S/c1-19-15(17(23)20-11-7-9-12(24-2)10-8-11)16(21-18(26)22-19)13-5-3-4-6-14(13)25-19/h3-10,15-16H,1-2H3,(H,20,23)(H2,21,22,26)/t15-,16+,19-/m0/s1. The third-order valence-electron chi connectivity index (χ3n) is 4.79. The van der Waals surface area contributed by atoms with E-state index in [0.717, 1.165) is 17.1 Å². The second-order valence-corrected chi connectivity index (χ2v) is 6.93. The van der Waals surface area contributed by atoms with Crippen molar-refractivity contribution >= 4 is 28.9 Å². The zero-order chi connectivity index (χ0) is 18.3. The Labute approximate surface area is 156 Å². The molecule has 1 fully saturated rings. The van der Waals surface area contributed by atoms with E-state index in [1.54, 1.807) is 31.4 Å². The van der Waals surface area contributed by atoms with Gasteiger partial charge < -0.3 is 25.4 Å². The largest absolute Gasteiger partial charge is 0.497 e. The summed E-state index contributed by atoms with van der Waals surface area (Å²) in [7, 11) is 1.60. The van der Waals surface area contributed by atoms with Gasteiger partial charge in [0.05, 0.1) is 13.2 Å². The second-order valence-electron chi connectivity index (χ2n) is 6.52. The van der Waals surface area contributed by atoms with Crippen LogP contribution in [0.15, 0.2) is 48.5 Å². The number of amides is 1. The first-order valence-electron chi connectivity index (χ1n) is 8.32. The summed E-state index contributed by atoms with van der Waals surface area (Å²) >= 11 is 5.31. The highest BCUT2D eigenvalue weighted by Gasteiger charge is 2.54. The number of anilines is 1. The van der Waals surface area contributed by atoms with E-state index >= 15 is 0 Å². The number of carbonyl (C=O) groups excluding carboxylic acids is 1. The number of methoxy groups -OCH3 is 1. The van der Waals surface area contributed by atoms with E-state index in [1.807, 2.05) is 31.2 Å². The van der Waals surface area contributed by atoms with Crippen molar-refractivity contribution in [3.8, 4) is 11.5 Å². The molecule has 0 saturated carbocycles. The molecule has 1 amide bonds. The van der Waals surface area contributed by atoms with E-state index in [1.165, 1.54) is 0 Å².